The lowest BCUT2D eigenvalue weighted by atomic mass is 10.1. The molecule has 5 heteroatoms. The van der Waals surface area contributed by atoms with E-state index < -0.39 is 0 Å². The maximum atomic E-state index is 6.45. The van der Waals surface area contributed by atoms with E-state index >= 15 is 0 Å². The van der Waals surface area contributed by atoms with Gasteiger partial charge in [0.15, 0.2) is 0 Å². The largest absolute Gasteiger partial charge is 0.315 e. The fourth-order valence-electron chi connectivity index (χ4n) is 3.04. The van der Waals surface area contributed by atoms with Gasteiger partial charge in [0.25, 0.3) is 0 Å². The molecule has 1 aromatic heterocycles. The molecule has 0 aromatic carbocycles. The second-order valence-corrected chi connectivity index (χ2v) is 6.01. The Morgan fingerprint density at radius 2 is 2.25 bits per heavy atom. The van der Waals surface area contributed by atoms with Gasteiger partial charge in [0.2, 0.25) is 0 Å². The topological polar surface area (TPSA) is 33.1 Å². The molecule has 4 nitrogen and oxygen atoms in total. The summed E-state index contributed by atoms with van der Waals surface area (Å²) in [6, 6.07) is 0.625. The van der Waals surface area contributed by atoms with Gasteiger partial charge in [-0.3, -0.25) is 9.58 Å². The highest BCUT2D eigenvalue weighted by Crippen LogP contribution is 2.24. The van der Waals surface area contributed by atoms with Crippen LogP contribution in [0.4, 0.5) is 0 Å². The fraction of sp³-hybridized carbons (Fsp3) is 0.800. The van der Waals surface area contributed by atoms with Gasteiger partial charge in [-0.05, 0) is 46.2 Å². The van der Waals surface area contributed by atoms with Gasteiger partial charge in [0, 0.05) is 25.7 Å². The van der Waals surface area contributed by atoms with Crippen molar-refractivity contribution in [1.29, 1.82) is 0 Å². The molecule has 1 atom stereocenters. The first-order valence-corrected chi connectivity index (χ1v) is 8.21. The van der Waals surface area contributed by atoms with Crippen molar-refractivity contribution in [3.05, 3.63) is 16.4 Å². The van der Waals surface area contributed by atoms with Crippen LogP contribution in [0.25, 0.3) is 0 Å². The summed E-state index contributed by atoms with van der Waals surface area (Å²) in [4.78, 5) is 2.57. The Kier molecular flexibility index (Phi) is 5.87. The van der Waals surface area contributed by atoms with E-state index in [-0.39, 0.29) is 0 Å². The monoisotopic (exact) mass is 298 g/mol. The summed E-state index contributed by atoms with van der Waals surface area (Å²) in [6.45, 7) is 11.5. The van der Waals surface area contributed by atoms with Gasteiger partial charge in [-0.2, -0.15) is 5.10 Å². The first-order chi connectivity index (χ1) is 9.67. The Balaban J connectivity index is 2.14. The predicted octanol–water partition coefficient (Wildman–Crippen LogP) is 2.83. The average Bonchev–Trinajstić information content (AvgIpc) is 2.75. The summed E-state index contributed by atoms with van der Waals surface area (Å²) in [7, 11) is 0. The average molecular weight is 299 g/mol. The predicted molar refractivity (Wildman–Crippen MR) is 84.2 cm³/mol. The van der Waals surface area contributed by atoms with Gasteiger partial charge in [-0.25, -0.2) is 0 Å². The number of nitrogens with one attached hydrogen (secondary N) is 1. The molecule has 0 saturated carbocycles. The number of aryl methyl sites for hydroxylation is 2. The van der Waals surface area contributed by atoms with Crippen LogP contribution >= 0.6 is 11.6 Å². The number of aromatic nitrogens is 2. The zero-order valence-electron chi connectivity index (χ0n) is 13.0. The zero-order chi connectivity index (χ0) is 14.5. The van der Waals surface area contributed by atoms with Crippen LogP contribution in [0.15, 0.2) is 0 Å². The van der Waals surface area contributed by atoms with E-state index in [1.807, 2.05) is 6.92 Å². The molecule has 20 heavy (non-hydrogen) atoms. The zero-order valence-corrected chi connectivity index (χ0v) is 13.7. The molecule has 2 heterocycles. The highest BCUT2D eigenvalue weighted by molar-refractivity contribution is 6.31. The van der Waals surface area contributed by atoms with Crippen LogP contribution in [0.3, 0.4) is 0 Å². The molecule has 1 unspecified atom stereocenters. The van der Waals surface area contributed by atoms with Crippen molar-refractivity contribution in [3.8, 4) is 0 Å². The second-order valence-electron chi connectivity index (χ2n) is 5.63. The molecule has 1 aliphatic rings. The lowest BCUT2D eigenvalue weighted by Crippen LogP contribution is -2.46. The molecule has 0 aliphatic carbocycles. The van der Waals surface area contributed by atoms with E-state index in [0.29, 0.717) is 6.04 Å². The number of hydrogen-bond acceptors (Lipinski definition) is 3. The molecule has 0 spiro atoms. The maximum Gasteiger partial charge on any atom is 0.0860 e. The number of hydrogen-bond donors (Lipinski definition) is 1. The van der Waals surface area contributed by atoms with Crippen LogP contribution in [0.1, 0.15) is 44.5 Å². The standard InChI is InChI=1S/C15H27ClN4/c1-4-9-19(13-7-6-8-17-10-13)11-14-15(16)12(3)18-20(14)5-2/h13,17H,4-11H2,1-3H3. The summed E-state index contributed by atoms with van der Waals surface area (Å²) >= 11 is 6.45. The highest BCUT2D eigenvalue weighted by atomic mass is 35.5. The summed E-state index contributed by atoms with van der Waals surface area (Å²) in [5.41, 5.74) is 2.12. The Labute approximate surface area is 127 Å². The summed E-state index contributed by atoms with van der Waals surface area (Å²) in [6.07, 6.45) is 3.72. The molecule has 114 valence electrons. The molecule has 1 N–H and O–H groups in total. The number of rotatable bonds is 6. The Hall–Kier alpha value is -0.580. The fourth-order valence-corrected chi connectivity index (χ4v) is 3.23. The summed E-state index contributed by atoms with van der Waals surface area (Å²) < 4.78 is 2.05. The van der Waals surface area contributed by atoms with Gasteiger partial charge in [-0.15, -0.1) is 0 Å². The number of nitrogens with zero attached hydrogens (tertiary/aromatic N) is 3. The molecule has 1 aromatic rings. The molecule has 0 amide bonds. The van der Waals surface area contributed by atoms with Gasteiger partial charge >= 0.3 is 0 Å². The minimum absolute atomic E-state index is 0.625. The minimum Gasteiger partial charge on any atom is -0.315 e. The molecular formula is C15H27ClN4. The third-order valence-corrected chi connectivity index (χ3v) is 4.60. The highest BCUT2D eigenvalue weighted by Gasteiger charge is 2.23. The van der Waals surface area contributed by atoms with Crippen molar-refractivity contribution >= 4 is 11.6 Å². The molecule has 1 fully saturated rings. The van der Waals surface area contributed by atoms with Gasteiger partial charge < -0.3 is 5.32 Å². The van der Waals surface area contributed by atoms with E-state index in [4.69, 9.17) is 11.6 Å². The first-order valence-electron chi connectivity index (χ1n) is 7.83. The van der Waals surface area contributed by atoms with Gasteiger partial charge in [0.1, 0.15) is 0 Å². The van der Waals surface area contributed by atoms with Crippen molar-refractivity contribution < 1.29 is 0 Å². The van der Waals surface area contributed by atoms with Crippen molar-refractivity contribution in [2.45, 2.75) is 59.2 Å². The van der Waals surface area contributed by atoms with Crippen LogP contribution in [-0.2, 0) is 13.1 Å². The van der Waals surface area contributed by atoms with Crippen molar-refractivity contribution in [3.63, 3.8) is 0 Å². The smallest absolute Gasteiger partial charge is 0.0860 e. The van der Waals surface area contributed by atoms with Crippen LogP contribution in [0, 0.1) is 6.92 Å². The summed E-state index contributed by atoms with van der Waals surface area (Å²) in [5, 5.41) is 8.88. The lowest BCUT2D eigenvalue weighted by Gasteiger charge is -2.34. The van der Waals surface area contributed by atoms with Crippen LogP contribution in [-0.4, -0.2) is 40.4 Å². The van der Waals surface area contributed by atoms with E-state index in [0.717, 1.165) is 43.4 Å². The summed E-state index contributed by atoms with van der Waals surface area (Å²) in [5.74, 6) is 0. The Morgan fingerprint density at radius 3 is 2.85 bits per heavy atom. The maximum absolute atomic E-state index is 6.45. The molecule has 1 aliphatic heterocycles. The Morgan fingerprint density at radius 1 is 1.45 bits per heavy atom. The lowest BCUT2D eigenvalue weighted by molar-refractivity contribution is 0.154. The van der Waals surface area contributed by atoms with E-state index in [1.165, 1.54) is 25.0 Å². The van der Waals surface area contributed by atoms with E-state index in [1.54, 1.807) is 0 Å². The molecule has 0 radical (unpaired) electrons. The second kappa shape index (κ2) is 7.43. The normalized spacial score (nSPS) is 19.8. The third kappa shape index (κ3) is 3.54. The SMILES string of the molecule is CCCN(Cc1c(Cl)c(C)nn1CC)C1CCCNC1. The van der Waals surface area contributed by atoms with Crippen molar-refractivity contribution in [2.24, 2.45) is 0 Å². The third-order valence-electron chi connectivity index (χ3n) is 4.10. The van der Waals surface area contributed by atoms with Crippen LogP contribution in [0.5, 0.6) is 0 Å². The van der Waals surface area contributed by atoms with Crippen molar-refractivity contribution in [2.75, 3.05) is 19.6 Å². The molecule has 0 bridgehead atoms. The number of piperidine rings is 1. The first kappa shape index (κ1) is 15.8. The van der Waals surface area contributed by atoms with Crippen LogP contribution < -0.4 is 5.32 Å². The molecule has 2 rings (SSSR count). The van der Waals surface area contributed by atoms with Crippen LogP contribution in [0.2, 0.25) is 5.02 Å². The Bertz CT molecular complexity index is 424. The number of halogens is 1. The van der Waals surface area contributed by atoms with E-state index in [9.17, 15) is 0 Å². The minimum atomic E-state index is 0.625. The molecular weight excluding hydrogens is 272 g/mol. The molecule has 1 saturated heterocycles. The van der Waals surface area contributed by atoms with Gasteiger partial charge in [-0.1, -0.05) is 18.5 Å². The quantitative estimate of drug-likeness (QED) is 0.877. The van der Waals surface area contributed by atoms with Crippen molar-refractivity contribution in [1.82, 2.24) is 20.0 Å². The van der Waals surface area contributed by atoms with Gasteiger partial charge in [0.05, 0.1) is 16.4 Å². The van der Waals surface area contributed by atoms with E-state index in [2.05, 4.69) is 33.8 Å².